The molecule has 22 heavy (non-hydrogen) atoms. The summed E-state index contributed by atoms with van der Waals surface area (Å²) < 4.78 is 13.3. The van der Waals surface area contributed by atoms with Crippen LogP contribution in [0.2, 0.25) is 0 Å². The average molecular weight is 297 g/mol. The van der Waals surface area contributed by atoms with Crippen molar-refractivity contribution in [3.63, 3.8) is 0 Å². The van der Waals surface area contributed by atoms with Gasteiger partial charge in [0.05, 0.1) is 12.3 Å². The summed E-state index contributed by atoms with van der Waals surface area (Å²) >= 11 is 0. The van der Waals surface area contributed by atoms with Gasteiger partial charge in [-0.1, -0.05) is 42.5 Å². The predicted molar refractivity (Wildman–Crippen MR) is 84.7 cm³/mol. The third-order valence-electron chi connectivity index (χ3n) is 3.84. The van der Waals surface area contributed by atoms with Crippen LogP contribution in [-0.2, 0) is 6.61 Å². The van der Waals surface area contributed by atoms with Crippen LogP contribution in [0.4, 0.5) is 10.1 Å². The number of nitrogens with two attached hydrogens (primary N) is 1. The van der Waals surface area contributed by atoms with Crippen molar-refractivity contribution in [3.05, 3.63) is 77.1 Å². The number of anilines is 1. The molecule has 1 unspecified atom stereocenters. The molecule has 0 aromatic heterocycles. The molecule has 4 heteroatoms. The highest BCUT2D eigenvalue weighted by atomic mass is 19.1. The van der Waals surface area contributed by atoms with E-state index in [1.54, 1.807) is 6.07 Å². The molecule has 0 saturated heterocycles. The number of nitrogen functional groups attached to an aromatic ring is 1. The summed E-state index contributed by atoms with van der Waals surface area (Å²) in [5.41, 5.74) is 7.31. The molecule has 112 valence electrons. The summed E-state index contributed by atoms with van der Waals surface area (Å²) in [4.78, 5) is 0. The van der Waals surface area contributed by atoms with Gasteiger partial charge in [0.15, 0.2) is 0 Å². The minimum atomic E-state index is -0.990. The number of aliphatic hydroxyl groups excluding tert-OH is 2. The van der Waals surface area contributed by atoms with Crippen LogP contribution in [0.15, 0.2) is 54.6 Å². The Balaban J connectivity index is 2.20. The van der Waals surface area contributed by atoms with Crippen molar-refractivity contribution >= 4 is 16.5 Å². The Kier molecular flexibility index (Phi) is 3.79. The van der Waals surface area contributed by atoms with Crippen molar-refractivity contribution in [3.8, 4) is 0 Å². The van der Waals surface area contributed by atoms with Crippen LogP contribution in [0.25, 0.3) is 10.8 Å². The van der Waals surface area contributed by atoms with Gasteiger partial charge in [-0.15, -0.1) is 0 Å². The van der Waals surface area contributed by atoms with Crippen LogP contribution in [0.3, 0.4) is 0 Å². The van der Waals surface area contributed by atoms with Gasteiger partial charge < -0.3 is 15.9 Å². The first kappa shape index (κ1) is 14.5. The van der Waals surface area contributed by atoms with Crippen LogP contribution >= 0.6 is 0 Å². The Morgan fingerprint density at radius 1 is 1.05 bits per heavy atom. The maximum absolute atomic E-state index is 13.3. The topological polar surface area (TPSA) is 66.5 Å². The molecule has 0 spiro atoms. The lowest BCUT2D eigenvalue weighted by molar-refractivity contribution is 0.214. The zero-order valence-corrected chi connectivity index (χ0v) is 11.8. The number of aliphatic hydroxyl groups is 2. The molecular weight excluding hydrogens is 281 g/mol. The van der Waals surface area contributed by atoms with Gasteiger partial charge in [-0.3, -0.25) is 0 Å². The van der Waals surface area contributed by atoms with Gasteiger partial charge in [0.2, 0.25) is 0 Å². The fourth-order valence-corrected chi connectivity index (χ4v) is 2.70. The van der Waals surface area contributed by atoms with E-state index in [4.69, 9.17) is 5.73 Å². The smallest absolute Gasteiger partial charge is 0.146 e. The molecule has 0 aliphatic heterocycles. The molecule has 3 rings (SSSR count). The molecule has 3 aromatic carbocycles. The van der Waals surface area contributed by atoms with Crippen molar-refractivity contribution in [2.24, 2.45) is 0 Å². The monoisotopic (exact) mass is 297 g/mol. The lowest BCUT2D eigenvalue weighted by Gasteiger charge is -2.18. The van der Waals surface area contributed by atoms with Gasteiger partial charge in [0.1, 0.15) is 11.9 Å². The third kappa shape index (κ3) is 2.43. The highest BCUT2D eigenvalue weighted by Crippen LogP contribution is 2.33. The minimum absolute atomic E-state index is 0.0117. The standard InChI is InChI=1S/C18H16FNO2/c19-15-8-7-12(9-16(15)20)18(22)17-13(10-21)6-5-11-3-1-2-4-14(11)17/h1-9,18,21-22H,10,20H2. The Labute approximate surface area is 127 Å². The maximum Gasteiger partial charge on any atom is 0.146 e. The van der Waals surface area contributed by atoms with E-state index in [0.29, 0.717) is 16.7 Å². The third-order valence-corrected chi connectivity index (χ3v) is 3.84. The molecule has 3 nitrogen and oxygen atoms in total. The average Bonchev–Trinajstić information content (AvgIpc) is 2.55. The second-order valence-corrected chi connectivity index (χ2v) is 5.20. The molecule has 0 amide bonds. The SMILES string of the molecule is Nc1cc(C(O)c2c(CO)ccc3ccccc23)ccc1F. The molecule has 4 N–H and O–H groups in total. The van der Waals surface area contributed by atoms with Gasteiger partial charge in [0, 0.05) is 0 Å². The predicted octanol–water partition coefficient (Wildman–Crippen LogP) is 3.14. The highest BCUT2D eigenvalue weighted by molar-refractivity contribution is 5.87. The Hall–Kier alpha value is -2.43. The first-order valence-electron chi connectivity index (χ1n) is 6.96. The van der Waals surface area contributed by atoms with Gasteiger partial charge >= 0.3 is 0 Å². The molecular formula is C18H16FNO2. The van der Waals surface area contributed by atoms with Crippen molar-refractivity contribution in [2.75, 3.05) is 5.73 Å². The van der Waals surface area contributed by atoms with E-state index in [1.165, 1.54) is 18.2 Å². The largest absolute Gasteiger partial charge is 0.396 e. The summed E-state index contributed by atoms with van der Waals surface area (Å²) in [6.45, 7) is -0.187. The summed E-state index contributed by atoms with van der Waals surface area (Å²) in [7, 11) is 0. The van der Waals surface area contributed by atoms with Crippen molar-refractivity contribution in [2.45, 2.75) is 12.7 Å². The maximum atomic E-state index is 13.3. The molecule has 0 saturated carbocycles. The highest BCUT2D eigenvalue weighted by Gasteiger charge is 2.18. The molecule has 0 radical (unpaired) electrons. The Morgan fingerprint density at radius 3 is 2.55 bits per heavy atom. The number of fused-ring (bicyclic) bond motifs is 1. The quantitative estimate of drug-likeness (QED) is 0.651. The number of hydrogen-bond donors (Lipinski definition) is 3. The number of halogens is 1. The summed E-state index contributed by atoms with van der Waals surface area (Å²) in [6.07, 6.45) is -0.990. The van der Waals surface area contributed by atoms with Gasteiger partial charge in [0.25, 0.3) is 0 Å². The van der Waals surface area contributed by atoms with Crippen LogP contribution in [-0.4, -0.2) is 10.2 Å². The summed E-state index contributed by atoms with van der Waals surface area (Å²) in [5.74, 6) is -0.517. The normalized spacial score (nSPS) is 12.5. The molecule has 0 heterocycles. The van der Waals surface area contributed by atoms with E-state index >= 15 is 0 Å². The first-order chi connectivity index (χ1) is 10.6. The van der Waals surface area contributed by atoms with E-state index in [0.717, 1.165) is 10.8 Å². The van der Waals surface area contributed by atoms with E-state index in [1.807, 2.05) is 30.3 Å². The molecule has 0 fully saturated rings. The van der Waals surface area contributed by atoms with Crippen LogP contribution < -0.4 is 5.73 Å². The lowest BCUT2D eigenvalue weighted by Crippen LogP contribution is -2.06. The summed E-state index contributed by atoms with van der Waals surface area (Å²) in [6, 6.07) is 15.4. The molecule has 3 aromatic rings. The number of benzene rings is 3. The second kappa shape index (κ2) is 5.75. The van der Waals surface area contributed by atoms with Crippen molar-refractivity contribution in [1.82, 2.24) is 0 Å². The minimum Gasteiger partial charge on any atom is -0.396 e. The van der Waals surface area contributed by atoms with Crippen LogP contribution in [0.5, 0.6) is 0 Å². The molecule has 0 aliphatic carbocycles. The van der Waals surface area contributed by atoms with Crippen LogP contribution in [0, 0.1) is 5.82 Å². The first-order valence-corrected chi connectivity index (χ1v) is 6.96. The van der Waals surface area contributed by atoms with Gasteiger partial charge in [-0.2, -0.15) is 0 Å². The zero-order valence-electron chi connectivity index (χ0n) is 11.8. The van der Waals surface area contributed by atoms with Gasteiger partial charge in [-0.05, 0) is 39.6 Å². The van der Waals surface area contributed by atoms with E-state index in [2.05, 4.69) is 0 Å². The lowest BCUT2D eigenvalue weighted by atomic mass is 9.91. The second-order valence-electron chi connectivity index (χ2n) is 5.20. The van der Waals surface area contributed by atoms with E-state index in [9.17, 15) is 14.6 Å². The van der Waals surface area contributed by atoms with Crippen LogP contribution in [0.1, 0.15) is 22.8 Å². The van der Waals surface area contributed by atoms with E-state index in [-0.39, 0.29) is 12.3 Å². The Bertz CT molecular complexity index is 832. The summed E-state index contributed by atoms with van der Waals surface area (Å²) in [5, 5.41) is 22.1. The fourth-order valence-electron chi connectivity index (χ4n) is 2.70. The van der Waals surface area contributed by atoms with Crippen molar-refractivity contribution < 1.29 is 14.6 Å². The zero-order chi connectivity index (χ0) is 15.7. The molecule has 0 bridgehead atoms. The van der Waals surface area contributed by atoms with Gasteiger partial charge in [-0.25, -0.2) is 4.39 Å². The van der Waals surface area contributed by atoms with Crippen molar-refractivity contribution in [1.29, 1.82) is 0 Å². The molecule has 0 aliphatic rings. The number of hydrogen-bond acceptors (Lipinski definition) is 3. The van der Waals surface area contributed by atoms with E-state index < -0.39 is 11.9 Å². The fraction of sp³-hybridized carbons (Fsp3) is 0.111. The Morgan fingerprint density at radius 2 is 1.82 bits per heavy atom. The number of rotatable bonds is 3. The molecule has 1 atom stereocenters.